The number of benzene rings is 2. The lowest BCUT2D eigenvalue weighted by Crippen LogP contribution is -2.21. The van der Waals surface area contributed by atoms with E-state index in [0.29, 0.717) is 29.0 Å². The van der Waals surface area contributed by atoms with Crippen molar-refractivity contribution in [2.24, 2.45) is 0 Å². The van der Waals surface area contributed by atoms with Crippen LogP contribution in [0.4, 0.5) is 5.69 Å². The Morgan fingerprint density at radius 2 is 1.65 bits per heavy atom. The molecule has 3 rings (SSSR count). The van der Waals surface area contributed by atoms with Gasteiger partial charge in [-0.3, -0.25) is 0 Å². The van der Waals surface area contributed by atoms with Gasteiger partial charge < -0.3 is 24.0 Å². The fourth-order valence-electron chi connectivity index (χ4n) is 3.55. The maximum Gasteiger partial charge on any atom is 0.342 e. The van der Waals surface area contributed by atoms with Gasteiger partial charge in [-0.25, -0.2) is 4.79 Å². The molecular formula is C25H30N4O4S. The topological polar surface area (TPSA) is 89.7 Å². The molecule has 0 saturated carbocycles. The first-order valence-electron chi connectivity index (χ1n) is 11.1. The van der Waals surface area contributed by atoms with E-state index in [0.717, 1.165) is 41.7 Å². The number of aliphatic carboxylic acids is 1. The van der Waals surface area contributed by atoms with Crippen molar-refractivity contribution in [3.63, 3.8) is 0 Å². The summed E-state index contributed by atoms with van der Waals surface area (Å²) in [6, 6.07) is 13.3. The summed E-state index contributed by atoms with van der Waals surface area (Å²) in [7, 11) is 3.17. The number of hydrogen-bond donors (Lipinski definition) is 1. The van der Waals surface area contributed by atoms with Crippen molar-refractivity contribution < 1.29 is 19.4 Å². The van der Waals surface area contributed by atoms with Crippen LogP contribution in [0.5, 0.6) is 11.5 Å². The maximum atomic E-state index is 12.0. The molecule has 9 heteroatoms. The molecule has 0 atom stereocenters. The van der Waals surface area contributed by atoms with E-state index >= 15 is 0 Å². The van der Waals surface area contributed by atoms with Gasteiger partial charge in [-0.1, -0.05) is 12.1 Å². The second-order valence-corrected chi connectivity index (χ2v) is 8.34. The van der Waals surface area contributed by atoms with E-state index < -0.39 is 5.97 Å². The Morgan fingerprint density at radius 3 is 2.15 bits per heavy atom. The Morgan fingerprint density at radius 1 is 1.03 bits per heavy atom. The standard InChI is InChI=1S/C25H30N4O4S/c1-6-28(7-2)19-11-9-17(10-12-19)13-22(24(30)31)34-25-27-26-23(29(25)8-3)18-14-20(32-4)16-21(15-18)33-5/h9-16H,6-8H2,1-5H3,(H,30,31)/b22-13-. The molecule has 1 aromatic heterocycles. The van der Waals surface area contributed by atoms with Crippen LogP contribution in [0.25, 0.3) is 17.5 Å². The number of thioether (sulfide) groups is 1. The van der Waals surface area contributed by atoms with E-state index in [2.05, 4.69) is 28.9 Å². The van der Waals surface area contributed by atoms with E-state index in [9.17, 15) is 9.90 Å². The molecule has 0 aliphatic rings. The minimum absolute atomic E-state index is 0.160. The number of nitrogens with zero attached hydrogens (tertiary/aromatic N) is 4. The molecule has 0 bridgehead atoms. The fourth-order valence-corrected chi connectivity index (χ4v) is 4.44. The van der Waals surface area contributed by atoms with Gasteiger partial charge in [-0.05, 0) is 68.4 Å². The number of anilines is 1. The van der Waals surface area contributed by atoms with E-state index in [-0.39, 0.29) is 4.91 Å². The first-order chi connectivity index (χ1) is 16.4. The van der Waals surface area contributed by atoms with Crippen LogP contribution in [0.1, 0.15) is 26.3 Å². The minimum Gasteiger partial charge on any atom is -0.497 e. The zero-order valence-corrected chi connectivity index (χ0v) is 20.9. The number of hydrogen-bond acceptors (Lipinski definition) is 7. The first kappa shape index (κ1) is 25.2. The summed E-state index contributed by atoms with van der Waals surface area (Å²) >= 11 is 1.08. The predicted octanol–water partition coefficient (Wildman–Crippen LogP) is 5.05. The Balaban J connectivity index is 1.93. The number of methoxy groups -OCH3 is 2. The third-order valence-corrected chi connectivity index (χ3v) is 6.37. The Bertz CT molecular complexity index is 1130. The molecular weight excluding hydrogens is 452 g/mol. The van der Waals surface area contributed by atoms with Gasteiger partial charge in [0.2, 0.25) is 0 Å². The Hall–Kier alpha value is -3.46. The highest BCUT2D eigenvalue weighted by Crippen LogP contribution is 2.33. The average Bonchev–Trinajstić information content (AvgIpc) is 3.27. The third kappa shape index (κ3) is 5.72. The van der Waals surface area contributed by atoms with Crippen molar-refractivity contribution in [2.45, 2.75) is 32.5 Å². The Kier molecular flexibility index (Phi) is 8.59. The van der Waals surface area contributed by atoms with E-state index in [1.807, 2.05) is 47.9 Å². The van der Waals surface area contributed by atoms with E-state index in [1.165, 1.54) is 0 Å². The van der Waals surface area contributed by atoms with Crippen LogP contribution in [0.3, 0.4) is 0 Å². The normalized spacial score (nSPS) is 11.4. The smallest absolute Gasteiger partial charge is 0.342 e. The van der Waals surface area contributed by atoms with Gasteiger partial charge >= 0.3 is 5.97 Å². The highest BCUT2D eigenvalue weighted by molar-refractivity contribution is 8.04. The molecule has 0 amide bonds. The van der Waals surface area contributed by atoms with Gasteiger partial charge in [-0.2, -0.15) is 0 Å². The highest BCUT2D eigenvalue weighted by Gasteiger charge is 2.19. The lowest BCUT2D eigenvalue weighted by Gasteiger charge is -2.20. The number of carbonyl (C=O) groups is 1. The summed E-state index contributed by atoms with van der Waals surface area (Å²) in [5.74, 6) is 0.852. The quantitative estimate of drug-likeness (QED) is 0.300. The van der Waals surface area contributed by atoms with Gasteiger partial charge in [-0.15, -0.1) is 10.2 Å². The molecule has 0 aliphatic carbocycles. The maximum absolute atomic E-state index is 12.0. The van der Waals surface area contributed by atoms with Gasteiger partial charge in [0.15, 0.2) is 11.0 Å². The second kappa shape index (κ2) is 11.6. The van der Waals surface area contributed by atoms with Crippen LogP contribution in [0.2, 0.25) is 0 Å². The Labute approximate surface area is 204 Å². The molecule has 1 heterocycles. The van der Waals surface area contributed by atoms with Gasteiger partial charge in [0.25, 0.3) is 0 Å². The molecule has 0 fully saturated rings. The van der Waals surface area contributed by atoms with Crippen LogP contribution in [0, 0.1) is 0 Å². The van der Waals surface area contributed by atoms with Gasteiger partial charge in [0.05, 0.1) is 14.2 Å². The molecule has 2 aromatic carbocycles. The number of carboxylic acids is 1. The largest absolute Gasteiger partial charge is 0.497 e. The molecule has 0 spiro atoms. The summed E-state index contributed by atoms with van der Waals surface area (Å²) in [5, 5.41) is 19.0. The van der Waals surface area contributed by atoms with E-state index in [1.54, 1.807) is 26.4 Å². The minimum atomic E-state index is -1.02. The van der Waals surface area contributed by atoms with Crippen LogP contribution in [-0.2, 0) is 11.3 Å². The number of carboxylic acid groups (broad SMARTS) is 1. The molecule has 180 valence electrons. The summed E-state index contributed by atoms with van der Waals surface area (Å²) in [6.07, 6.45) is 1.65. The zero-order valence-electron chi connectivity index (χ0n) is 20.1. The van der Waals surface area contributed by atoms with Crippen LogP contribution in [0.15, 0.2) is 52.5 Å². The summed E-state index contributed by atoms with van der Waals surface area (Å²) in [4.78, 5) is 14.4. The van der Waals surface area contributed by atoms with Gasteiger partial charge in [0, 0.05) is 37.0 Å². The predicted molar refractivity (Wildman–Crippen MR) is 136 cm³/mol. The monoisotopic (exact) mass is 482 g/mol. The lowest BCUT2D eigenvalue weighted by atomic mass is 10.2. The van der Waals surface area contributed by atoms with Crippen LogP contribution in [-0.4, -0.2) is 53.1 Å². The molecule has 1 N–H and O–H groups in total. The van der Waals surface area contributed by atoms with Gasteiger partial charge in [0.1, 0.15) is 16.4 Å². The number of rotatable bonds is 11. The molecule has 0 aliphatic heterocycles. The molecule has 34 heavy (non-hydrogen) atoms. The first-order valence-corrected chi connectivity index (χ1v) is 11.9. The SMILES string of the molecule is CCN(CC)c1ccc(/C=C(\Sc2nnc(-c3cc(OC)cc(OC)c3)n2CC)C(=O)O)cc1. The lowest BCUT2D eigenvalue weighted by molar-refractivity contribution is -0.131. The summed E-state index contributed by atoms with van der Waals surface area (Å²) in [5.41, 5.74) is 2.68. The number of aromatic nitrogens is 3. The zero-order chi connectivity index (χ0) is 24.7. The van der Waals surface area contributed by atoms with Crippen molar-refractivity contribution >= 4 is 29.5 Å². The van der Waals surface area contributed by atoms with Crippen molar-refractivity contribution in [1.29, 1.82) is 0 Å². The number of ether oxygens (including phenoxy) is 2. The van der Waals surface area contributed by atoms with Crippen LogP contribution >= 0.6 is 11.8 Å². The molecule has 3 aromatic rings. The molecule has 0 unspecified atom stereocenters. The van der Waals surface area contributed by atoms with E-state index in [4.69, 9.17) is 9.47 Å². The van der Waals surface area contributed by atoms with Crippen molar-refractivity contribution in [1.82, 2.24) is 14.8 Å². The second-order valence-electron chi connectivity index (χ2n) is 7.33. The molecule has 0 saturated heterocycles. The average molecular weight is 483 g/mol. The highest BCUT2D eigenvalue weighted by atomic mass is 32.2. The molecule has 0 radical (unpaired) electrons. The third-order valence-electron chi connectivity index (χ3n) is 5.37. The van der Waals surface area contributed by atoms with Crippen LogP contribution < -0.4 is 14.4 Å². The van der Waals surface area contributed by atoms with Crippen molar-refractivity contribution in [2.75, 3.05) is 32.2 Å². The summed E-state index contributed by atoms with van der Waals surface area (Å²) in [6.45, 7) is 8.57. The molecule has 8 nitrogen and oxygen atoms in total. The summed E-state index contributed by atoms with van der Waals surface area (Å²) < 4.78 is 12.6. The fraction of sp³-hybridized carbons (Fsp3) is 0.320. The van der Waals surface area contributed by atoms with Crippen molar-refractivity contribution in [3.05, 3.63) is 52.9 Å². The van der Waals surface area contributed by atoms with Crippen molar-refractivity contribution in [3.8, 4) is 22.9 Å².